The molecule has 0 aliphatic carbocycles. The second-order valence-electron chi connectivity index (χ2n) is 11.0. The lowest BCUT2D eigenvalue weighted by Crippen LogP contribution is -2.29. The molecular weight excluding hydrogens is 889 g/mol. The first kappa shape index (κ1) is 42.4. The van der Waals surface area contributed by atoms with Crippen LogP contribution in [0.5, 0.6) is 0 Å². The normalized spacial score (nSPS) is 10.9. The molecule has 0 atom stereocenters. The summed E-state index contributed by atoms with van der Waals surface area (Å²) in [5, 5.41) is 27.2. The maximum absolute atomic E-state index is 12.6. The van der Waals surface area contributed by atoms with Crippen LogP contribution in [0.3, 0.4) is 0 Å². The number of pyridine rings is 2. The van der Waals surface area contributed by atoms with Gasteiger partial charge in [-0.15, -0.1) is 0 Å². The Labute approximate surface area is 335 Å². The molecule has 18 heteroatoms. The Morgan fingerprint density at radius 3 is 1.39 bits per heavy atom. The van der Waals surface area contributed by atoms with Crippen LogP contribution in [0.1, 0.15) is 31.8 Å². The summed E-state index contributed by atoms with van der Waals surface area (Å²) in [4.78, 5) is 32.1. The van der Waals surface area contributed by atoms with Crippen LogP contribution in [0.2, 0.25) is 10.0 Å². The fourth-order valence-corrected chi connectivity index (χ4v) is 7.04. The summed E-state index contributed by atoms with van der Waals surface area (Å²) < 4.78 is 46.9. The molecule has 0 fully saturated rings. The fraction of sp³-hybridized carbons (Fsp3) is 0. The number of carbonyl (C=O) groups excluding carboxylic acids is 2. The highest BCUT2D eigenvalue weighted by molar-refractivity contribution is 14.1. The smallest absolute Gasteiger partial charge is 0.423 e. The van der Waals surface area contributed by atoms with E-state index >= 15 is 0 Å². The van der Waals surface area contributed by atoms with Gasteiger partial charge in [0.25, 0.3) is 0 Å². The minimum Gasteiger partial charge on any atom is -0.423 e. The van der Waals surface area contributed by atoms with E-state index in [1.54, 1.807) is 79.3 Å². The van der Waals surface area contributed by atoms with E-state index in [0.717, 1.165) is 14.7 Å². The topological polar surface area (TPSA) is 221 Å². The van der Waals surface area contributed by atoms with Crippen molar-refractivity contribution in [2.45, 2.75) is 9.79 Å². The zero-order chi connectivity index (χ0) is 39.6. The van der Waals surface area contributed by atoms with Gasteiger partial charge in [0.2, 0.25) is 20.0 Å². The van der Waals surface area contributed by atoms with Crippen molar-refractivity contribution in [3.05, 3.63) is 170 Å². The molecule has 0 saturated heterocycles. The summed E-state index contributed by atoms with van der Waals surface area (Å²) in [6.45, 7) is 0. The lowest BCUT2D eigenvalue weighted by Gasteiger charge is -2.07. The third kappa shape index (κ3) is 11.8. The Kier molecular flexibility index (Phi) is 14.7. The summed E-state index contributed by atoms with van der Waals surface area (Å²) in [6.07, 6.45) is 6.40. The molecule has 54 heavy (non-hydrogen) atoms. The first-order valence-corrected chi connectivity index (χ1v) is 20.1. The molecule has 0 amide bonds. The number of aromatic nitrogens is 2. The summed E-state index contributed by atoms with van der Waals surface area (Å²) in [5.74, 6) is -0.609. The van der Waals surface area contributed by atoms with Gasteiger partial charge in [0, 0.05) is 56.1 Å². The highest BCUT2D eigenvalue weighted by Gasteiger charge is 2.19. The molecule has 276 valence electrons. The SMILES string of the molecule is NS(=O)(=O)c1cc(C(=O)c2ccc(-c3cccnc3)cc2)ccc1Cl.NS(=O)(=O)c1cc(C(=O)c2ccc(I)cc2)ccc1Cl.OB(O)c1cccnc1. The number of carbonyl (C=O) groups is 2. The lowest BCUT2D eigenvalue weighted by atomic mass is 9.82. The number of sulfonamides is 2. The maximum Gasteiger partial charge on any atom is 0.490 e. The third-order valence-electron chi connectivity index (χ3n) is 7.23. The van der Waals surface area contributed by atoms with Crippen LogP contribution >= 0.6 is 45.8 Å². The Hall–Kier alpha value is -4.37. The Bertz CT molecular complexity index is 2480. The molecular formula is C36H28BCl2IN4O8S2. The summed E-state index contributed by atoms with van der Waals surface area (Å²) in [7, 11) is -9.37. The largest absolute Gasteiger partial charge is 0.490 e. The van der Waals surface area contributed by atoms with Crippen molar-refractivity contribution in [3.63, 3.8) is 0 Å². The van der Waals surface area contributed by atoms with E-state index in [-0.39, 0.29) is 42.5 Å². The molecule has 2 aromatic heterocycles. The molecule has 0 aliphatic rings. The van der Waals surface area contributed by atoms with E-state index in [1.165, 1.54) is 42.6 Å². The van der Waals surface area contributed by atoms with Crippen molar-refractivity contribution in [2.75, 3.05) is 0 Å². The van der Waals surface area contributed by atoms with Gasteiger partial charge < -0.3 is 10.0 Å². The standard InChI is InChI=1S/C18H13ClN2O3S.C13H9ClINO3S.C5H6BNO2/c19-16-8-7-14(10-17(16)25(20,23)24)18(22)13-5-3-12(4-6-13)15-2-1-9-21-11-15;14-11-6-3-9(7-12(11)20(16,18)19)13(17)8-1-4-10(15)5-2-8;8-6(9)5-2-1-3-7-4-5/h1-11H,(H2,20,23,24);1-7H,(H2,16,18,19);1-4,8-9H. The van der Waals surface area contributed by atoms with E-state index in [2.05, 4.69) is 32.6 Å². The zero-order valence-electron chi connectivity index (χ0n) is 27.6. The predicted octanol–water partition coefficient (Wildman–Crippen LogP) is 4.86. The van der Waals surface area contributed by atoms with Gasteiger partial charge in [0.1, 0.15) is 9.79 Å². The Morgan fingerprint density at radius 1 is 0.593 bits per heavy atom. The van der Waals surface area contributed by atoms with Crippen molar-refractivity contribution in [1.82, 2.24) is 9.97 Å². The van der Waals surface area contributed by atoms with Gasteiger partial charge in [0.05, 0.1) is 10.0 Å². The van der Waals surface area contributed by atoms with Gasteiger partial charge in [-0.1, -0.05) is 59.6 Å². The highest BCUT2D eigenvalue weighted by atomic mass is 127. The van der Waals surface area contributed by atoms with Gasteiger partial charge in [-0.3, -0.25) is 19.6 Å². The van der Waals surface area contributed by atoms with Crippen molar-refractivity contribution in [1.29, 1.82) is 0 Å². The molecule has 0 radical (unpaired) electrons. The van der Waals surface area contributed by atoms with Crippen molar-refractivity contribution in [2.24, 2.45) is 10.3 Å². The van der Waals surface area contributed by atoms with Crippen LogP contribution in [0, 0.1) is 3.57 Å². The van der Waals surface area contributed by atoms with Crippen LogP contribution < -0.4 is 15.7 Å². The van der Waals surface area contributed by atoms with Gasteiger partial charge >= 0.3 is 7.12 Å². The van der Waals surface area contributed by atoms with Gasteiger partial charge in [-0.25, -0.2) is 27.1 Å². The molecule has 6 rings (SSSR count). The number of halogens is 3. The summed E-state index contributed by atoms with van der Waals surface area (Å²) in [5.41, 5.74) is 3.58. The van der Waals surface area contributed by atoms with E-state index < -0.39 is 27.2 Å². The minimum atomic E-state index is -4.01. The molecule has 2 heterocycles. The molecule has 4 aromatic carbocycles. The number of benzene rings is 4. The molecule has 6 aromatic rings. The number of nitrogens with two attached hydrogens (primary N) is 2. The third-order valence-corrected chi connectivity index (χ3v) is 10.7. The number of rotatable bonds is 8. The molecule has 0 saturated carbocycles. The first-order valence-electron chi connectivity index (χ1n) is 15.2. The molecule has 0 spiro atoms. The Morgan fingerprint density at radius 2 is 1.02 bits per heavy atom. The number of hydrogen-bond donors (Lipinski definition) is 4. The predicted molar refractivity (Wildman–Crippen MR) is 215 cm³/mol. The lowest BCUT2D eigenvalue weighted by molar-refractivity contribution is 0.103. The molecule has 12 nitrogen and oxygen atoms in total. The highest BCUT2D eigenvalue weighted by Crippen LogP contribution is 2.25. The second kappa shape index (κ2) is 18.8. The van der Waals surface area contributed by atoms with Crippen LogP contribution in [0.15, 0.2) is 144 Å². The minimum absolute atomic E-state index is 0.00772. The average molecular weight is 917 g/mol. The van der Waals surface area contributed by atoms with E-state index in [0.29, 0.717) is 16.6 Å². The van der Waals surface area contributed by atoms with E-state index in [4.69, 9.17) is 43.5 Å². The zero-order valence-corrected chi connectivity index (χ0v) is 32.9. The van der Waals surface area contributed by atoms with Crippen LogP contribution in [0.4, 0.5) is 0 Å². The van der Waals surface area contributed by atoms with E-state index in [9.17, 15) is 26.4 Å². The molecule has 6 N–H and O–H groups in total. The van der Waals surface area contributed by atoms with Crippen molar-refractivity contribution >= 4 is 90.0 Å². The number of hydrogen-bond acceptors (Lipinski definition) is 10. The number of nitrogens with zero attached hydrogens (tertiary/aromatic N) is 2. The number of ketones is 2. The summed E-state index contributed by atoms with van der Waals surface area (Å²) in [6, 6.07) is 28.9. The van der Waals surface area contributed by atoms with Crippen LogP contribution in [0.25, 0.3) is 11.1 Å². The van der Waals surface area contributed by atoms with Gasteiger partial charge in [0.15, 0.2) is 11.6 Å². The van der Waals surface area contributed by atoms with Gasteiger partial charge in [-0.05, 0) is 107 Å². The monoisotopic (exact) mass is 916 g/mol. The van der Waals surface area contributed by atoms with Crippen molar-refractivity contribution < 1.29 is 36.5 Å². The van der Waals surface area contributed by atoms with Gasteiger partial charge in [-0.2, -0.15) is 0 Å². The van der Waals surface area contributed by atoms with Crippen LogP contribution in [-0.2, 0) is 20.0 Å². The molecule has 0 aliphatic heterocycles. The van der Waals surface area contributed by atoms with E-state index in [1.807, 2.05) is 12.1 Å². The van der Waals surface area contributed by atoms with Crippen molar-refractivity contribution in [3.8, 4) is 11.1 Å². The fourth-order valence-electron chi connectivity index (χ4n) is 4.54. The molecule has 0 unspecified atom stereocenters. The summed E-state index contributed by atoms with van der Waals surface area (Å²) >= 11 is 13.8. The quantitative estimate of drug-likeness (QED) is 0.0923. The maximum atomic E-state index is 12.6. The average Bonchev–Trinajstić information content (AvgIpc) is 3.15. The Balaban J connectivity index is 0.000000199. The first-order chi connectivity index (χ1) is 25.5. The molecule has 0 bridgehead atoms. The van der Waals surface area contributed by atoms with Crippen LogP contribution in [-0.4, -0.2) is 55.5 Å². The number of primary sulfonamides is 2. The second-order valence-corrected chi connectivity index (χ2v) is 16.1.